The molecule has 1 fully saturated rings. The lowest BCUT2D eigenvalue weighted by Crippen LogP contribution is -2.44. The van der Waals surface area contributed by atoms with E-state index in [4.69, 9.17) is 13.9 Å². The molecule has 2 unspecified atom stereocenters. The van der Waals surface area contributed by atoms with Gasteiger partial charge in [0.2, 0.25) is 17.7 Å². The Kier molecular flexibility index (Phi) is 7.12. The van der Waals surface area contributed by atoms with E-state index in [1.54, 1.807) is 26.5 Å². The van der Waals surface area contributed by atoms with E-state index in [-0.39, 0.29) is 17.2 Å². The van der Waals surface area contributed by atoms with E-state index in [9.17, 15) is 4.79 Å². The average molecular weight is 472 g/mol. The highest BCUT2D eigenvalue weighted by atomic mass is 32.2. The molecule has 2 aromatic heterocycles. The third-order valence-corrected chi connectivity index (χ3v) is 6.55. The first-order chi connectivity index (χ1) is 16.0. The van der Waals surface area contributed by atoms with Crippen LogP contribution in [0.15, 0.2) is 41.0 Å². The lowest BCUT2D eigenvalue weighted by Gasteiger charge is -2.35. The van der Waals surface area contributed by atoms with Crippen LogP contribution in [0.1, 0.15) is 33.1 Å². The number of likely N-dealkylation sites (tertiary alicyclic amines) is 1. The first-order valence-electron chi connectivity index (χ1n) is 10.9. The molecule has 4 rings (SSSR count). The number of hydrogen-bond donors (Lipinski definition) is 1. The number of hydrogen-bond acceptors (Lipinski definition) is 8. The predicted molar refractivity (Wildman–Crippen MR) is 128 cm³/mol. The summed E-state index contributed by atoms with van der Waals surface area (Å²) < 4.78 is 22.0. The number of carbonyl (C=O) groups is 1. The Balaban J connectivity index is 1.63. The highest BCUT2D eigenvalue weighted by Gasteiger charge is 2.27. The van der Waals surface area contributed by atoms with Crippen LogP contribution >= 0.6 is 11.9 Å². The Bertz CT molecular complexity index is 1060. The number of anilines is 1. The fraction of sp³-hybridized carbons (Fsp3) is 0.435. The number of piperidine rings is 1. The van der Waals surface area contributed by atoms with Gasteiger partial charge in [0, 0.05) is 24.3 Å². The molecule has 1 amide bonds. The number of carbonyl (C=O) groups excluding carboxylic acids is 1. The van der Waals surface area contributed by atoms with Crippen LogP contribution in [-0.4, -0.2) is 57.6 Å². The molecular formula is C23H29N5O4S. The van der Waals surface area contributed by atoms with E-state index < -0.39 is 0 Å². The Morgan fingerprint density at radius 2 is 1.97 bits per heavy atom. The molecule has 1 aliphatic heterocycles. The molecule has 1 aromatic carbocycles. The summed E-state index contributed by atoms with van der Waals surface area (Å²) in [6.45, 7) is 4.86. The minimum atomic E-state index is 0.131. The lowest BCUT2D eigenvalue weighted by atomic mass is 10.0. The highest BCUT2D eigenvalue weighted by molar-refractivity contribution is 8.01. The van der Waals surface area contributed by atoms with Crippen molar-refractivity contribution in [2.75, 3.05) is 25.5 Å². The zero-order chi connectivity index (χ0) is 23.4. The molecule has 10 heteroatoms. The van der Waals surface area contributed by atoms with Crippen LogP contribution in [0.3, 0.4) is 0 Å². The first-order valence-corrected chi connectivity index (χ1v) is 11.8. The zero-order valence-corrected chi connectivity index (χ0v) is 20.1. The monoisotopic (exact) mass is 471 g/mol. The second-order valence-corrected chi connectivity index (χ2v) is 9.23. The number of rotatable bonds is 9. The van der Waals surface area contributed by atoms with Crippen molar-refractivity contribution in [2.24, 2.45) is 0 Å². The summed E-state index contributed by atoms with van der Waals surface area (Å²) in [6, 6.07) is 9.46. The van der Waals surface area contributed by atoms with Gasteiger partial charge < -0.3 is 18.8 Å². The van der Waals surface area contributed by atoms with Crippen molar-refractivity contribution in [3.63, 3.8) is 0 Å². The molecule has 176 valence electrons. The number of para-hydroxylation sites is 1. The normalized spacial score (nSPS) is 17.2. The Morgan fingerprint density at radius 1 is 1.21 bits per heavy atom. The molecule has 0 radical (unpaired) electrons. The average Bonchev–Trinajstić information content (AvgIpc) is 3.49. The molecule has 2 atom stereocenters. The molecule has 0 spiro atoms. The maximum atomic E-state index is 12.4. The summed E-state index contributed by atoms with van der Waals surface area (Å²) >= 11 is 1.49. The SMILES string of the molecule is COc1cccc(OC)c1-n1c(NSC(C)CN2C(=O)CCCC2C)nnc1-c1ccco1. The number of ether oxygens (including phenoxy) is 2. The summed E-state index contributed by atoms with van der Waals surface area (Å²) in [6.07, 6.45) is 4.23. The van der Waals surface area contributed by atoms with Crippen molar-refractivity contribution in [2.45, 2.75) is 44.4 Å². The van der Waals surface area contributed by atoms with Crippen LogP contribution < -0.4 is 14.2 Å². The number of nitrogens with one attached hydrogen (secondary N) is 1. The van der Waals surface area contributed by atoms with E-state index >= 15 is 0 Å². The van der Waals surface area contributed by atoms with Crippen LogP contribution in [0, 0.1) is 0 Å². The fourth-order valence-electron chi connectivity index (χ4n) is 4.02. The maximum Gasteiger partial charge on any atom is 0.239 e. The van der Waals surface area contributed by atoms with E-state index in [1.807, 2.05) is 33.7 Å². The second-order valence-electron chi connectivity index (χ2n) is 7.99. The molecule has 1 aliphatic rings. The summed E-state index contributed by atoms with van der Waals surface area (Å²) in [5.41, 5.74) is 0.662. The van der Waals surface area contributed by atoms with Gasteiger partial charge in [0.1, 0.15) is 17.2 Å². The van der Waals surface area contributed by atoms with Gasteiger partial charge in [0.05, 0.1) is 20.5 Å². The molecule has 3 aromatic rings. The van der Waals surface area contributed by atoms with E-state index in [0.29, 0.717) is 47.7 Å². The van der Waals surface area contributed by atoms with Crippen molar-refractivity contribution >= 4 is 23.8 Å². The van der Waals surface area contributed by atoms with Gasteiger partial charge in [0.15, 0.2) is 5.76 Å². The van der Waals surface area contributed by atoms with Gasteiger partial charge in [-0.15, -0.1) is 10.2 Å². The van der Waals surface area contributed by atoms with E-state index in [0.717, 1.165) is 12.8 Å². The van der Waals surface area contributed by atoms with Crippen LogP contribution in [0.25, 0.3) is 17.3 Å². The number of amides is 1. The minimum absolute atomic E-state index is 0.131. The van der Waals surface area contributed by atoms with Gasteiger partial charge in [-0.1, -0.05) is 6.07 Å². The highest BCUT2D eigenvalue weighted by Crippen LogP contribution is 2.38. The summed E-state index contributed by atoms with van der Waals surface area (Å²) in [4.78, 5) is 14.3. The number of aromatic nitrogens is 3. The fourth-order valence-corrected chi connectivity index (χ4v) is 4.70. The number of methoxy groups -OCH3 is 2. The molecule has 1 saturated heterocycles. The number of furan rings is 1. The predicted octanol–water partition coefficient (Wildman–Crippen LogP) is 4.39. The Hall–Kier alpha value is -3.14. The first kappa shape index (κ1) is 23.0. The molecule has 33 heavy (non-hydrogen) atoms. The largest absolute Gasteiger partial charge is 0.494 e. The Labute approximate surface area is 197 Å². The maximum absolute atomic E-state index is 12.4. The van der Waals surface area contributed by atoms with Crippen molar-refractivity contribution in [1.82, 2.24) is 19.7 Å². The van der Waals surface area contributed by atoms with Crippen LogP contribution in [0.4, 0.5) is 5.95 Å². The van der Waals surface area contributed by atoms with Crippen molar-refractivity contribution in [3.8, 4) is 28.8 Å². The Morgan fingerprint density at radius 3 is 2.61 bits per heavy atom. The number of benzene rings is 1. The van der Waals surface area contributed by atoms with Crippen molar-refractivity contribution in [1.29, 1.82) is 0 Å². The van der Waals surface area contributed by atoms with Gasteiger partial charge in [-0.3, -0.25) is 14.1 Å². The van der Waals surface area contributed by atoms with Crippen LogP contribution in [-0.2, 0) is 4.79 Å². The molecule has 0 aliphatic carbocycles. The molecular weight excluding hydrogens is 442 g/mol. The van der Waals surface area contributed by atoms with Gasteiger partial charge >= 0.3 is 0 Å². The topological polar surface area (TPSA) is 94.7 Å². The molecule has 9 nitrogen and oxygen atoms in total. The van der Waals surface area contributed by atoms with Gasteiger partial charge in [-0.05, 0) is 62.9 Å². The molecule has 1 N–H and O–H groups in total. The van der Waals surface area contributed by atoms with Crippen LogP contribution in [0.2, 0.25) is 0 Å². The van der Waals surface area contributed by atoms with Crippen molar-refractivity contribution < 1.29 is 18.7 Å². The summed E-state index contributed by atoms with van der Waals surface area (Å²) in [5, 5.41) is 8.88. The third-order valence-electron chi connectivity index (χ3n) is 5.70. The quantitative estimate of drug-likeness (QED) is 0.459. The standard InChI is InChI=1S/C23H29N5O4S/c1-15-8-5-12-20(29)27(15)14-16(2)33-26-23-25-24-22(19-11-7-13-32-19)28(23)21-17(30-3)9-6-10-18(21)31-4/h6-7,9-11,13,15-16H,5,8,12,14H2,1-4H3,(H,25,26). The van der Waals surface area contributed by atoms with Gasteiger partial charge in [-0.25, -0.2) is 0 Å². The van der Waals surface area contributed by atoms with Crippen LogP contribution in [0.5, 0.6) is 11.5 Å². The number of nitrogens with zero attached hydrogens (tertiary/aromatic N) is 4. The van der Waals surface area contributed by atoms with Gasteiger partial charge in [-0.2, -0.15) is 0 Å². The molecule has 0 bridgehead atoms. The lowest BCUT2D eigenvalue weighted by molar-refractivity contribution is -0.135. The third kappa shape index (κ3) is 4.80. The van der Waals surface area contributed by atoms with Gasteiger partial charge in [0.25, 0.3) is 0 Å². The summed E-state index contributed by atoms with van der Waals surface area (Å²) in [7, 11) is 3.21. The van der Waals surface area contributed by atoms with E-state index in [2.05, 4.69) is 28.8 Å². The van der Waals surface area contributed by atoms with Crippen molar-refractivity contribution in [3.05, 3.63) is 36.6 Å². The molecule has 0 saturated carbocycles. The smallest absolute Gasteiger partial charge is 0.239 e. The summed E-state index contributed by atoms with van der Waals surface area (Å²) in [5.74, 6) is 3.02. The molecule has 3 heterocycles. The second kappa shape index (κ2) is 10.2. The van der Waals surface area contributed by atoms with E-state index in [1.165, 1.54) is 11.9 Å². The minimum Gasteiger partial charge on any atom is -0.494 e. The zero-order valence-electron chi connectivity index (χ0n) is 19.3.